The van der Waals surface area contributed by atoms with Crippen LogP contribution in [0.1, 0.15) is 27.6 Å². The number of primary amides is 1. The van der Waals surface area contributed by atoms with Crippen molar-refractivity contribution in [2.24, 2.45) is 5.73 Å². The first-order chi connectivity index (χ1) is 10.5. The van der Waals surface area contributed by atoms with Gasteiger partial charge < -0.3 is 16.4 Å². The number of anilines is 2. The molecule has 2 aromatic rings. The van der Waals surface area contributed by atoms with Gasteiger partial charge in [0.1, 0.15) is 0 Å². The van der Waals surface area contributed by atoms with Gasteiger partial charge in [-0.1, -0.05) is 11.6 Å². The van der Waals surface area contributed by atoms with Gasteiger partial charge in [-0.3, -0.25) is 19.6 Å². The highest BCUT2D eigenvalue weighted by atomic mass is 35.5. The minimum atomic E-state index is -0.640. The van der Waals surface area contributed by atoms with E-state index in [4.69, 9.17) is 17.3 Å². The molecular formula is C14H14ClN5O2. The molecule has 114 valence electrons. The smallest absolute Gasteiger partial charge is 0.258 e. The predicted octanol–water partition coefficient (Wildman–Crippen LogP) is 1.91. The molecule has 22 heavy (non-hydrogen) atoms. The van der Waals surface area contributed by atoms with Gasteiger partial charge in [-0.05, 0) is 13.0 Å². The van der Waals surface area contributed by atoms with Crippen molar-refractivity contribution >= 4 is 34.8 Å². The Morgan fingerprint density at radius 1 is 1.23 bits per heavy atom. The Labute approximate surface area is 131 Å². The van der Waals surface area contributed by atoms with Crippen LogP contribution in [0.3, 0.4) is 0 Å². The van der Waals surface area contributed by atoms with E-state index in [2.05, 4.69) is 20.6 Å². The maximum Gasteiger partial charge on any atom is 0.258 e. The summed E-state index contributed by atoms with van der Waals surface area (Å²) in [6.45, 7) is 2.40. The van der Waals surface area contributed by atoms with Gasteiger partial charge in [-0.25, -0.2) is 0 Å². The maximum absolute atomic E-state index is 12.3. The zero-order valence-corrected chi connectivity index (χ0v) is 12.5. The third kappa shape index (κ3) is 3.32. The fourth-order valence-electron chi connectivity index (χ4n) is 1.84. The van der Waals surface area contributed by atoms with E-state index in [0.717, 1.165) is 0 Å². The third-order valence-electron chi connectivity index (χ3n) is 2.83. The second-order valence-electron chi connectivity index (χ2n) is 4.31. The molecule has 0 saturated heterocycles. The van der Waals surface area contributed by atoms with Crippen LogP contribution in [0.2, 0.25) is 5.02 Å². The lowest BCUT2D eigenvalue weighted by atomic mass is 10.2. The summed E-state index contributed by atoms with van der Waals surface area (Å²) in [4.78, 5) is 31.5. The van der Waals surface area contributed by atoms with Crippen molar-refractivity contribution in [3.8, 4) is 0 Å². The number of carbonyl (C=O) groups is 2. The second kappa shape index (κ2) is 6.86. The van der Waals surface area contributed by atoms with Crippen LogP contribution in [-0.4, -0.2) is 28.3 Å². The average Bonchev–Trinajstić information content (AvgIpc) is 2.49. The molecule has 2 rings (SSSR count). The van der Waals surface area contributed by atoms with Crippen molar-refractivity contribution in [3.63, 3.8) is 0 Å². The fourth-order valence-corrected chi connectivity index (χ4v) is 2.03. The topological polar surface area (TPSA) is 110 Å². The van der Waals surface area contributed by atoms with E-state index in [-0.39, 0.29) is 16.1 Å². The Bertz CT molecular complexity index is 720. The van der Waals surface area contributed by atoms with Crippen molar-refractivity contribution in [2.75, 3.05) is 17.2 Å². The molecule has 0 unspecified atom stereocenters. The summed E-state index contributed by atoms with van der Waals surface area (Å²) in [7, 11) is 0. The highest BCUT2D eigenvalue weighted by Crippen LogP contribution is 2.26. The van der Waals surface area contributed by atoms with Gasteiger partial charge >= 0.3 is 0 Å². The minimum Gasteiger partial charge on any atom is -0.383 e. The SMILES string of the molecule is CCNc1c(NC(=O)c2cnccc2Cl)cncc1C(N)=O. The number of aromatic nitrogens is 2. The number of nitrogens with two attached hydrogens (primary N) is 1. The summed E-state index contributed by atoms with van der Waals surface area (Å²) >= 11 is 5.96. The summed E-state index contributed by atoms with van der Waals surface area (Å²) in [5.74, 6) is -1.10. The van der Waals surface area contributed by atoms with Crippen LogP contribution < -0.4 is 16.4 Å². The third-order valence-corrected chi connectivity index (χ3v) is 3.16. The first kappa shape index (κ1) is 15.7. The number of nitrogens with zero attached hydrogens (tertiary/aromatic N) is 2. The van der Waals surface area contributed by atoms with Gasteiger partial charge in [0.2, 0.25) is 0 Å². The van der Waals surface area contributed by atoms with Gasteiger partial charge in [0.25, 0.3) is 11.8 Å². The van der Waals surface area contributed by atoms with Crippen molar-refractivity contribution in [3.05, 3.63) is 47.0 Å². The van der Waals surface area contributed by atoms with Crippen LogP contribution in [0.15, 0.2) is 30.9 Å². The largest absolute Gasteiger partial charge is 0.383 e. The average molecular weight is 320 g/mol. The fraction of sp³-hybridized carbons (Fsp3) is 0.143. The molecule has 2 amide bonds. The van der Waals surface area contributed by atoms with E-state index in [9.17, 15) is 9.59 Å². The molecule has 0 atom stereocenters. The molecule has 0 saturated carbocycles. The van der Waals surface area contributed by atoms with E-state index in [1.165, 1.54) is 30.9 Å². The number of pyridine rings is 2. The molecule has 0 aliphatic carbocycles. The lowest BCUT2D eigenvalue weighted by Crippen LogP contribution is -2.19. The molecule has 0 bridgehead atoms. The minimum absolute atomic E-state index is 0.192. The Balaban J connectivity index is 2.37. The van der Waals surface area contributed by atoms with E-state index in [1.807, 2.05) is 6.92 Å². The molecule has 0 radical (unpaired) electrons. The molecular weight excluding hydrogens is 306 g/mol. The van der Waals surface area contributed by atoms with Crippen LogP contribution in [0.25, 0.3) is 0 Å². The highest BCUT2D eigenvalue weighted by molar-refractivity contribution is 6.34. The monoisotopic (exact) mass is 319 g/mol. The van der Waals surface area contributed by atoms with Crippen LogP contribution in [0.5, 0.6) is 0 Å². The quantitative estimate of drug-likeness (QED) is 0.779. The Kier molecular flexibility index (Phi) is 4.90. The zero-order chi connectivity index (χ0) is 16.1. The van der Waals surface area contributed by atoms with E-state index in [0.29, 0.717) is 17.9 Å². The number of rotatable bonds is 5. The molecule has 0 aliphatic heterocycles. The van der Waals surface area contributed by atoms with Gasteiger partial charge in [-0.2, -0.15) is 0 Å². The number of nitrogens with one attached hydrogen (secondary N) is 2. The first-order valence-electron chi connectivity index (χ1n) is 6.47. The van der Waals surface area contributed by atoms with Crippen LogP contribution in [0, 0.1) is 0 Å². The van der Waals surface area contributed by atoms with Crippen LogP contribution in [-0.2, 0) is 0 Å². The molecule has 2 heterocycles. The number of hydrogen-bond acceptors (Lipinski definition) is 5. The maximum atomic E-state index is 12.3. The van der Waals surface area contributed by atoms with Gasteiger partial charge in [-0.15, -0.1) is 0 Å². The molecule has 0 aliphatic rings. The molecule has 0 fully saturated rings. The van der Waals surface area contributed by atoms with Gasteiger partial charge in [0, 0.05) is 25.1 Å². The van der Waals surface area contributed by atoms with Crippen molar-refractivity contribution in [1.82, 2.24) is 9.97 Å². The van der Waals surface area contributed by atoms with Crippen LogP contribution >= 0.6 is 11.6 Å². The summed E-state index contributed by atoms with van der Waals surface area (Å²) in [5, 5.41) is 5.92. The van der Waals surface area contributed by atoms with Crippen molar-refractivity contribution < 1.29 is 9.59 Å². The van der Waals surface area contributed by atoms with Gasteiger partial charge in [0.05, 0.1) is 33.7 Å². The summed E-state index contributed by atoms with van der Waals surface area (Å²) in [5.41, 5.74) is 6.48. The van der Waals surface area contributed by atoms with Crippen molar-refractivity contribution in [2.45, 2.75) is 6.92 Å². The summed E-state index contributed by atoms with van der Waals surface area (Å²) < 4.78 is 0. The Morgan fingerprint density at radius 3 is 2.59 bits per heavy atom. The van der Waals surface area contributed by atoms with E-state index in [1.54, 1.807) is 0 Å². The molecule has 8 heteroatoms. The number of halogens is 1. The molecule has 0 aromatic carbocycles. The first-order valence-corrected chi connectivity index (χ1v) is 6.85. The Morgan fingerprint density at radius 2 is 1.95 bits per heavy atom. The molecule has 0 spiro atoms. The Hall–Kier alpha value is -2.67. The lowest BCUT2D eigenvalue weighted by Gasteiger charge is -2.14. The van der Waals surface area contributed by atoms with Crippen LogP contribution in [0.4, 0.5) is 11.4 Å². The normalized spacial score (nSPS) is 10.1. The summed E-state index contributed by atoms with van der Waals surface area (Å²) in [6, 6.07) is 1.51. The summed E-state index contributed by atoms with van der Waals surface area (Å²) in [6.07, 6.45) is 5.61. The lowest BCUT2D eigenvalue weighted by molar-refractivity contribution is 0.0996. The van der Waals surface area contributed by atoms with Crippen molar-refractivity contribution in [1.29, 1.82) is 0 Å². The van der Waals surface area contributed by atoms with Gasteiger partial charge in [0.15, 0.2) is 0 Å². The number of hydrogen-bond donors (Lipinski definition) is 3. The second-order valence-corrected chi connectivity index (χ2v) is 4.72. The number of carbonyl (C=O) groups excluding carboxylic acids is 2. The molecule has 7 nitrogen and oxygen atoms in total. The molecule has 4 N–H and O–H groups in total. The predicted molar refractivity (Wildman–Crippen MR) is 84.1 cm³/mol. The zero-order valence-electron chi connectivity index (χ0n) is 11.8. The number of amides is 2. The molecule has 2 aromatic heterocycles. The van der Waals surface area contributed by atoms with E-state index >= 15 is 0 Å². The standard InChI is InChI=1S/C14H14ClN5O2/c1-2-19-12-9(13(16)21)6-18-7-11(12)20-14(22)8-5-17-4-3-10(8)15/h3-7H,2H2,1H3,(H2,16,21)(H,18,19)(H,20,22). The van der Waals surface area contributed by atoms with E-state index < -0.39 is 11.8 Å². The highest BCUT2D eigenvalue weighted by Gasteiger charge is 2.17.